The van der Waals surface area contributed by atoms with Gasteiger partial charge in [-0.25, -0.2) is 0 Å². The molecule has 26 heavy (non-hydrogen) atoms. The van der Waals surface area contributed by atoms with Crippen LogP contribution in [0.25, 0.3) is 0 Å². The Hall–Kier alpha value is -2.96. The number of carbonyl (C=O) groups is 3. The number of amides is 3. The molecule has 0 fully saturated rings. The molecule has 134 valence electrons. The van der Waals surface area contributed by atoms with E-state index in [9.17, 15) is 14.4 Å². The van der Waals surface area contributed by atoms with Gasteiger partial charge in [0.05, 0.1) is 17.3 Å². The van der Waals surface area contributed by atoms with Crippen molar-refractivity contribution >= 4 is 17.7 Å². The average Bonchev–Trinajstić information content (AvgIpc) is 3.22. The van der Waals surface area contributed by atoms with Crippen molar-refractivity contribution in [1.29, 1.82) is 0 Å². The van der Waals surface area contributed by atoms with E-state index in [1.807, 2.05) is 6.92 Å². The number of aromatic nitrogens is 2. The summed E-state index contributed by atoms with van der Waals surface area (Å²) in [5.41, 5.74) is 3.24. The quantitative estimate of drug-likeness (QED) is 0.853. The third kappa shape index (κ3) is 2.60. The highest BCUT2D eigenvalue weighted by molar-refractivity contribution is 6.22. The first kappa shape index (κ1) is 16.5. The molecule has 3 heterocycles. The molecule has 0 spiro atoms. The van der Waals surface area contributed by atoms with Crippen LogP contribution in [0.3, 0.4) is 0 Å². The van der Waals surface area contributed by atoms with E-state index in [-0.39, 0.29) is 17.7 Å². The number of hydrogen-bond acceptors (Lipinski definition) is 4. The minimum absolute atomic E-state index is 0.132. The van der Waals surface area contributed by atoms with Gasteiger partial charge in [-0.05, 0) is 24.6 Å². The van der Waals surface area contributed by atoms with Crippen molar-refractivity contribution in [3.8, 4) is 0 Å². The maximum Gasteiger partial charge on any atom is 0.261 e. The predicted molar refractivity (Wildman–Crippen MR) is 93.7 cm³/mol. The summed E-state index contributed by atoms with van der Waals surface area (Å²) in [6, 6.07) is 4.80. The lowest BCUT2D eigenvalue weighted by molar-refractivity contribution is 0.0651. The van der Waals surface area contributed by atoms with Crippen LogP contribution >= 0.6 is 0 Å². The summed E-state index contributed by atoms with van der Waals surface area (Å²) < 4.78 is 0. The van der Waals surface area contributed by atoms with Crippen molar-refractivity contribution in [2.24, 2.45) is 0 Å². The van der Waals surface area contributed by atoms with Gasteiger partial charge in [-0.2, -0.15) is 5.10 Å². The van der Waals surface area contributed by atoms with Crippen molar-refractivity contribution in [3.05, 3.63) is 52.3 Å². The van der Waals surface area contributed by atoms with Gasteiger partial charge in [0.2, 0.25) is 0 Å². The standard InChI is InChI=1S/C19H20N4O3/c1-2-3-7-23-18(25)14-5-4-12(9-15(14)19(23)26)17(24)22-8-6-16-13(11-22)10-20-21-16/h4-5,9-10H,2-3,6-8,11H2,1H3,(H,20,21). The zero-order chi connectivity index (χ0) is 18.3. The number of imide groups is 1. The summed E-state index contributed by atoms with van der Waals surface area (Å²) in [4.78, 5) is 40.8. The minimum atomic E-state index is -0.302. The summed E-state index contributed by atoms with van der Waals surface area (Å²) in [6.07, 6.45) is 4.15. The highest BCUT2D eigenvalue weighted by atomic mass is 16.2. The summed E-state index contributed by atoms with van der Waals surface area (Å²) in [5.74, 6) is -0.700. The Labute approximate surface area is 151 Å². The Morgan fingerprint density at radius 3 is 2.85 bits per heavy atom. The lowest BCUT2D eigenvalue weighted by Gasteiger charge is -2.26. The van der Waals surface area contributed by atoms with E-state index in [2.05, 4.69) is 10.2 Å². The largest absolute Gasteiger partial charge is 0.334 e. The van der Waals surface area contributed by atoms with Gasteiger partial charge in [0.1, 0.15) is 0 Å². The lowest BCUT2D eigenvalue weighted by Crippen LogP contribution is -2.35. The minimum Gasteiger partial charge on any atom is -0.334 e. The van der Waals surface area contributed by atoms with E-state index < -0.39 is 0 Å². The molecule has 2 aliphatic rings. The third-order valence-corrected chi connectivity index (χ3v) is 5.04. The number of H-pyrrole nitrogens is 1. The molecular weight excluding hydrogens is 332 g/mol. The van der Waals surface area contributed by atoms with E-state index in [1.54, 1.807) is 29.3 Å². The molecule has 2 aromatic rings. The van der Waals surface area contributed by atoms with Crippen LogP contribution in [0.4, 0.5) is 0 Å². The van der Waals surface area contributed by atoms with Crippen LogP contribution in [-0.4, -0.2) is 50.8 Å². The van der Waals surface area contributed by atoms with Crippen LogP contribution < -0.4 is 0 Å². The van der Waals surface area contributed by atoms with Gasteiger partial charge in [0.25, 0.3) is 17.7 Å². The first-order valence-corrected chi connectivity index (χ1v) is 8.90. The first-order chi connectivity index (χ1) is 12.6. The van der Waals surface area contributed by atoms with Crippen LogP contribution in [0, 0.1) is 0 Å². The number of hydrogen-bond donors (Lipinski definition) is 1. The first-order valence-electron chi connectivity index (χ1n) is 8.90. The van der Waals surface area contributed by atoms with Gasteiger partial charge in [0, 0.05) is 42.9 Å². The van der Waals surface area contributed by atoms with Crippen LogP contribution in [-0.2, 0) is 13.0 Å². The molecule has 0 bridgehead atoms. The molecule has 2 aliphatic heterocycles. The number of nitrogens with one attached hydrogen (secondary N) is 1. The van der Waals surface area contributed by atoms with E-state index in [4.69, 9.17) is 0 Å². The number of fused-ring (bicyclic) bond motifs is 2. The van der Waals surface area contributed by atoms with Crippen molar-refractivity contribution in [2.45, 2.75) is 32.7 Å². The van der Waals surface area contributed by atoms with Crippen molar-refractivity contribution in [2.75, 3.05) is 13.1 Å². The second-order valence-corrected chi connectivity index (χ2v) is 6.73. The van der Waals surface area contributed by atoms with Crippen molar-refractivity contribution in [3.63, 3.8) is 0 Å². The number of benzene rings is 1. The predicted octanol–water partition coefficient (Wildman–Crippen LogP) is 2.00. The molecule has 3 amide bonds. The fourth-order valence-corrected chi connectivity index (χ4v) is 3.52. The molecule has 0 unspecified atom stereocenters. The second kappa shape index (κ2) is 6.40. The van der Waals surface area contributed by atoms with E-state index >= 15 is 0 Å². The molecule has 0 saturated carbocycles. The van der Waals surface area contributed by atoms with Crippen LogP contribution in [0.15, 0.2) is 24.4 Å². The normalized spacial score (nSPS) is 16.0. The molecule has 4 rings (SSSR count). The molecule has 0 aliphatic carbocycles. The number of aromatic amines is 1. The molecule has 7 nitrogen and oxygen atoms in total. The van der Waals surface area contributed by atoms with Gasteiger partial charge >= 0.3 is 0 Å². The average molecular weight is 352 g/mol. The number of unbranched alkanes of at least 4 members (excludes halogenated alkanes) is 1. The van der Waals surface area contributed by atoms with Gasteiger partial charge in [-0.1, -0.05) is 13.3 Å². The maximum atomic E-state index is 12.9. The summed E-state index contributed by atoms with van der Waals surface area (Å²) in [5, 5.41) is 6.97. The highest BCUT2D eigenvalue weighted by Gasteiger charge is 2.36. The number of rotatable bonds is 4. The smallest absolute Gasteiger partial charge is 0.261 e. The Balaban J connectivity index is 1.57. The molecular formula is C19H20N4O3. The fourth-order valence-electron chi connectivity index (χ4n) is 3.52. The Morgan fingerprint density at radius 2 is 2.04 bits per heavy atom. The molecule has 1 aromatic heterocycles. The SMILES string of the molecule is CCCCN1C(=O)c2ccc(C(=O)N3CCc4[nH]ncc4C3)cc2C1=O. The number of nitrogens with zero attached hydrogens (tertiary/aromatic N) is 3. The lowest BCUT2D eigenvalue weighted by atomic mass is 10.0. The van der Waals surface area contributed by atoms with Gasteiger partial charge < -0.3 is 4.90 Å². The summed E-state index contributed by atoms with van der Waals surface area (Å²) in [7, 11) is 0. The monoisotopic (exact) mass is 352 g/mol. The molecule has 0 radical (unpaired) electrons. The second-order valence-electron chi connectivity index (χ2n) is 6.73. The van der Waals surface area contributed by atoms with E-state index in [0.717, 1.165) is 30.5 Å². The molecule has 1 aromatic carbocycles. The molecule has 1 N–H and O–H groups in total. The zero-order valence-corrected chi connectivity index (χ0v) is 14.6. The topological polar surface area (TPSA) is 86.4 Å². The highest BCUT2D eigenvalue weighted by Crippen LogP contribution is 2.26. The molecule has 7 heteroatoms. The van der Waals surface area contributed by atoms with Crippen LogP contribution in [0.1, 0.15) is 62.1 Å². The summed E-state index contributed by atoms with van der Waals surface area (Å²) in [6.45, 7) is 3.53. The molecule has 0 saturated heterocycles. The Morgan fingerprint density at radius 1 is 1.23 bits per heavy atom. The van der Waals surface area contributed by atoms with E-state index in [1.165, 1.54) is 4.90 Å². The summed E-state index contributed by atoms with van der Waals surface area (Å²) >= 11 is 0. The maximum absolute atomic E-state index is 12.9. The zero-order valence-electron chi connectivity index (χ0n) is 14.6. The van der Waals surface area contributed by atoms with Crippen molar-refractivity contribution < 1.29 is 14.4 Å². The van der Waals surface area contributed by atoms with Gasteiger partial charge in [0.15, 0.2) is 0 Å². The van der Waals surface area contributed by atoms with Crippen LogP contribution in [0.5, 0.6) is 0 Å². The Kier molecular flexibility index (Phi) is 4.06. The third-order valence-electron chi connectivity index (χ3n) is 5.04. The van der Waals surface area contributed by atoms with Gasteiger partial charge in [-0.15, -0.1) is 0 Å². The Bertz CT molecular complexity index is 902. The van der Waals surface area contributed by atoms with Crippen LogP contribution in [0.2, 0.25) is 0 Å². The fraction of sp³-hybridized carbons (Fsp3) is 0.368. The molecule has 0 atom stereocenters. The van der Waals surface area contributed by atoms with Gasteiger partial charge in [-0.3, -0.25) is 24.4 Å². The van der Waals surface area contributed by atoms with Crippen molar-refractivity contribution in [1.82, 2.24) is 20.0 Å². The van der Waals surface area contributed by atoms with E-state index in [0.29, 0.717) is 36.3 Å². The number of carbonyl (C=O) groups excluding carboxylic acids is 3.